The van der Waals surface area contributed by atoms with Crippen LogP contribution in [0.2, 0.25) is 5.02 Å². The van der Waals surface area contributed by atoms with E-state index in [-0.39, 0.29) is 28.4 Å². The Bertz CT molecular complexity index is 1120. The van der Waals surface area contributed by atoms with Crippen LogP contribution in [-0.2, 0) is 12.7 Å². The summed E-state index contributed by atoms with van der Waals surface area (Å²) in [6.45, 7) is -0.0705. The van der Waals surface area contributed by atoms with E-state index in [2.05, 4.69) is 5.32 Å². The SMILES string of the molecule is NC(=O)c1cccc(-c2ccc(NCc3cc(F)cc(C(F)(F)F)c3)cc2Cl)c1O. The lowest BCUT2D eigenvalue weighted by Crippen LogP contribution is -2.11. The second kappa shape index (κ2) is 8.23. The number of nitrogens with two attached hydrogens (primary N) is 1. The van der Waals surface area contributed by atoms with Crippen LogP contribution in [0, 0.1) is 5.82 Å². The van der Waals surface area contributed by atoms with Crippen LogP contribution in [-0.4, -0.2) is 11.0 Å². The smallest absolute Gasteiger partial charge is 0.416 e. The molecule has 0 bridgehead atoms. The highest BCUT2D eigenvalue weighted by atomic mass is 35.5. The van der Waals surface area contributed by atoms with Crippen molar-refractivity contribution in [2.75, 3.05) is 5.32 Å². The van der Waals surface area contributed by atoms with Crippen molar-refractivity contribution in [3.8, 4) is 16.9 Å². The lowest BCUT2D eigenvalue weighted by molar-refractivity contribution is -0.137. The van der Waals surface area contributed by atoms with Crippen molar-refractivity contribution in [3.63, 3.8) is 0 Å². The first-order valence-corrected chi connectivity index (χ1v) is 8.96. The summed E-state index contributed by atoms with van der Waals surface area (Å²) in [6, 6.07) is 11.4. The molecule has 0 aliphatic rings. The number of nitrogens with one attached hydrogen (secondary N) is 1. The Balaban J connectivity index is 1.83. The highest BCUT2D eigenvalue weighted by Crippen LogP contribution is 2.37. The van der Waals surface area contributed by atoms with E-state index in [9.17, 15) is 27.5 Å². The van der Waals surface area contributed by atoms with Crippen molar-refractivity contribution < 1.29 is 27.5 Å². The van der Waals surface area contributed by atoms with Crippen LogP contribution in [0.3, 0.4) is 0 Å². The van der Waals surface area contributed by atoms with Crippen molar-refractivity contribution in [1.82, 2.24) is 0 Å². The van der Waals surface area contributed by atoms with Crippen LogP contribution < -0.4 is 11.1 Å². The van der Waals surface area contributed by atoms with Crippen molar-refractivity contribution in [2.45, 2.75) is 12.7 Å². The summed E-state index contributed by atoms with van der Waals surface area (Å²) in [6.07, 6.45) is -4.65. The highest BCUT2D eigenvalue weighted by molar-refractivity contribution is 6.33. The Hall–Kier alpha value is -3.26. The lowest BCUT2D eigenvalue weighted by Gasteiger charge is -2.13. The van der Waals surface area contributed by atoms with Gasteiger partial charge in [0.1, 0.15) is 11.6 Å². The fourth-order valence-corrected chi connectivity index (χ4v) is 3.21. The number of carbonyl (C=O) groups excluding carboxylic acids is 1. The number of aromatic hydroxyl groups is 1. The maximum Gasteiger partial charge on any atom is 0.416 e. The molecule has 4 nitrogen and oxygen atoms in total. The standard InChI is InChI=1S/C21H15ClF4N2O2/c22-18-9-14(28-10-11-6-12(21(24,25)26)8-13(23)7-11)4-5-15(18)16-2-1-3-17(19(16)29)20(27)30/h1-9,28-29H,10H2,(H2,27,30). The van der Waals surface area contributed by atoms with E-state index < -0.39 is 23.5 Å². The van der Waals surface area contributed by atoms with Crippen molar-refractivity contribution in [3.05, 3.63) is 82.1 Å². The Labute approximate surface area is 173 Å². The quantitative estimate of drug-likeness (QED) is 0.455. The predicted molar refractivity (Wildman–Crippen MR) is 106 cm³/mol. The van der Waals surface area contributed by atoms with Gasteiger partial charge in [0, 0.05) is 23.4 Å². The zero-order valence-corrected chi connectivity index (χ0v) is 16.0. The fourth-order valence-electron chi connectivity index (χ4n) is 2.92. The maximum absolute atomic E-state index is 13.5. The van der Waals surface area contributed by atoms with Crippen molar-refractivity contribution in [1.29, 1.82) is 0 Å². The summed E-state index contributed by atoms with van der Waals surface area (Å²) in [4.78, 5) is 11.4. The molecular formula is C21H15ClF4N2O2. The number of amides is 1. The third-order valence-corrected chi connectivity index (χ3v) is 4.65. The Morgan fingerprint density at radius 2 is 1.80 bits per heavy atom. The van der Waals surface area contributed by atoms with Gasteiger partial charge >= 0.3 is 6.18 Å². The first kappa shape index (κ1) is 21.4. The van der Waals surface area contributed by atoms with Crippen LogP contribution in [0.5, 0.6) is 5.75 Å². The largest absolute Gasteiger partial charge is 0.506 e. The molecular weight excluding hydrogens is 424 g/mol. The molecule has 0 aliphatic heterocycles. The zero-order valence-electron chi connectivity index (χ0n) is 15.2. The molecule has 9 heteroatoms. The first-order valence-electron chi connectivity index (χ1n) is 8.58. The van der Waals surface area contributed by atoms with E-state index >= 15 is 0 Å². The van der Waals surface area contributed by atoms with Gasteiger partial charge in [0.15, 0.2) is 0 Å². The van der Waals surface area contributed by atoms with Gasteiger partial charge in [-0.2, -0.15) is 13.2 Å². The molecule has 1 amide bonds. The average molecular weight is 439 g/mol. The van der Waals surface area contributed by atoms with E-state index in [1.54, 1.807) is 24.3 Å². The zero-order chi connectivity index (χ0) is 22.1. The molecule has 0 aromatic heterocycles. The minimum atomic E-state index is -4.65. The lowest BCUT2D eigenvalue weighted by atomic mass is 10.0. The van der Waals surface area contributed by atoms with Gasteiger partial charge in [-0.25, -0.2) is 4.39 Å². The van der Waals surface area contributed by atoms with Crippen LogP contribution in [0.4, 0.5) is 23.2 Å². The van der Waals surface area contributed by atoms with Gasteiger partial charge in [0.05, 0.1) is 16.1 Å². The Morgan fingerprint density at radius 1 is 1.07 bits per heavy atom. The number of para-hydroxylation sites is 1. The molecule has 0 aliphatic carbocycles. The van der Waals surface area contributed by atoms with Crippen LogP contribution >= 0.6 is 11.6 Å². The predicted octanol–water partition coefficient (Wildman–Crippen LogP) is 5.58. The van der Waals surface area contributed by atoms with Crippen LogP contribution in [0.25, 0.3) is 11.1 Å². The van der Waals surface area contributed by atoms with Crippen molar-refractivity contribution >= 4 is 23.2 Å². The molecule has 4 N–H and O–H groups in total. The molecule has 30 heavy (non-hydrogen) atoms. The van der Waals surface area contributed by atoms with E-state index in [0.717, 1.165) is 12.1 Å². The number of alkyl halides is 3. The number of phenols is 1. The summed E-state index contributed by atoms with van der Waals surface area (Å²) in [5.74, 6) is -2.09. The van der Waals surface area contributed by atoms with Gasteiger partial charge in [-0.1, -0.05) is 29.8 Å². The number of benzene rings is 3. The van der Waals surface area contributed by atoms with Gasteiger partial charge < -0.3 is 16.2 Å². The molecule has 0 saturated carbocycles. The van der Waals surface area contributed by atoms with Gasteiger partial charge in [0.2, 0.25) is 0 Å². The van der Waals surface area contributed by atoms with Gasteiger partial charge in [-0.15, -0.1) is 0 Å². The molecule has 3 rings (SSSR count). The minimum absolute atomic E-state index is 0.0580. The molecule has 0 heterocycles. The summed E-state index contributed by atoms with van der Waals surface area (Å²) in [7, 11) is 0. The third kappa shape index (κ3) is 4.65. The summed E-state index contributed by atoms with van der Waals surface area (Å²) < 4.78 is 52.0. The molecule has 0 fully saturated rings. The van der Waals surface area contributed by atoms with E-state index in [4.69, 9.17) is 17.3 Å². The van der Waals surface area contributed by atoms with Gasteiger partial charge in [-0.05, 0) is 42.0 Å². The Kier molecular flexibility index (Phi) is 5.89. The monoisotopic (exact) mass is 438 g/mol. The number of anilines is 1. The second-order valence-corrected chi connectivity index (χ2v) is 6.87. The minimum Gasteiger partial charge on any atom is -0.506 e. The van der Waals surface area contributed by atoms with Crippen molar-refractivity contribution in [2.24, 2.45) is 5.73 Å². The molecule has 0 saturated heterocycles. The highest BCUT2D eigenvalue weighted by Gasteiger charge is 2.31. The molecule has 156 valence electrons. The topological polar surface area (TPSA) is 75.4 Å². The maximum atomic E-state index is 13.5. The molecule has 0 spiro atoms. The van der Waals surface area contributed by atoms with E-state index in [0.29, 0.717) is 22.9 Å². The van der Waals surface area contributed by atoms with E-state index in [1.807, 2.05) is 0 Å². The summed E-state index contributed by atoms with van der Waals surface area (Å²) in [5, 5.41) is 13.4. The van der Waals surface area contributed by atoms with Crippen LogP contribution in [0.1, 0.15) is 21.5 Å². The second-order valence-electron chi connectivity index (χ2n) is 6.46. The summed E-state index contributed by atoms with van der Waals surface area (Å²) >= 11 is 6.28. The van der Waals surface area contributed by atoms with Gasteiger partial charge in [0.25, 0.3) is 5.91 Å². The molecule has 3 aromatic rings. The van der Waals surface area contributed by atoms with E-state index in [1.165, 1.54) is 12.1 Å². The molecule has 0 radical (unpaired) electrons. The molecule has 3 aromatic carbocycles. The first-order chi connectivity index (χ1) is 14.1. The number of rotatable bonds is 5. The normalized spacial score (nSPS) is 11.4. The summed E-state index contributed by atoms with van der Waals surface area (Å²) in [5.41, 5.74) is 5.39. The average Bonchev–Trinajstić information content (AvgIpc) is 2.66. The van der Waals surface area contributed by atoms with Gasteiger partial charge in [-0.3, -0.25) is 4.79 Å². The number of hydrogen-bond donors (Lipinski definition) is 3. The van der Waals surface area contributed by atoms with Crippen LogP contribution in [0.15, 0.2) is 54.6 Å². The molecule has 0 unspecified atom stereocenters. The molecule has 0 atom stereocenters. The fraction of sp³-hybridized carbons (Fsp3) is 0.0952. The Morgan fingerprint density at radius 3 is 2.43 bits per heavy atom. The third-order valence-electron chi connectivity index (χ3n) is 4.34. The number of halogens is 5. The number of carbonyl (C=O) groups is 1. The number of hydrogen-bond acceptors (Lipinski definition) is 3. The number of primary amides is 1.